The summed E-state index contributed by atoms with van der Waals surface area (Å²) in [5, 5.41) is 0. The molecule has 0 aromatic rings. The predicted molar refractivity (Wildman–Crippen MR) is 17.9 cm³/mol. The van der Waals surface area contributed by atoms with Gasteiger partial charge in [0.2, 0.25) is 0 Å². The quantitative estimate of drug-likeness (QED) is 0.439. The third kappa shape index (κ3) is 19.5. The molecule has 0 rings (SSSR count). The summed E-state index contributed by atoms with van der Waals surface area (Å²) in [5.41, 5.74) is 0. The van der Waals surface area contributed by atoms with E-state index in [0.717, 1.165) is 0 Å². The van der Waals surface area contributed by atoms with Gasteiger partial charge in [-0.1, -0.05) is 0 Å². The second kappa shape index (κ2) is 28.2. The molecule has 0 saturated carbocycles. The van der Waals surface area contributed by atoms with Crippen LogP contribution in [0.5, 0.6) is 0 Å². The smallest absolute Gasteiger partial charge is 0 e. The van der Waals surface area contributed by atoms with Gasteiger partial charge in [-0.2, -0.15) is 0 Å². The van der Waals surface area contributed by atoms with Crippen LogP contribution in [0.4, 0.5) is 0 Å². The van der Waals surface area contributed by atoms with E-state index in [1.54, 1.807) is 0 Å². The van der Waals surface area contributed by atoms with Crippen LogP contribution in [0.2, 0.25) is 0 Å². The van der Waals surface area contributed by atoms with Crippen LogP contribution in [0.3, 0.4) is 0 Å². The van der Waals surface area contributed by atoms with Crippen molar-refractivity contribution in [3.63, 3.8) is 0 Å². The van der Waals surface area contributed by atoms with Crippen molar-refractivity contribution in [1.82, 2.24) is 0 Å². The van der Waals surface area contributed by atoms with Crippen molar-refractivity contribution < 1.29 is 22.6 Å². The minimum absolute atomic E-state index is 0. The minimum Gasteiger partial charge on any atom is 0 e. The van der Waals surface area contributed by atoms with Gasteiger partial charge in [0.05, 0.1) is 0 Å². The van der Waals surface area contributed by atoms with Crippen LogP contribution in [-0.2, 0) is 22.6 Å². The molecule has 0 heterocycles. The molecule has 8 radical (unpaired) electrons. The summed E-state index contributed by atoms with van der Waals surface area (Å²) in [5.74, 6) is 0. The number of hydrogen-bond donors (Lipinski definition) is 0. The van der Waals surface area contributed by atoms with Gasteiger partial charge in [-0.15, -0.1) is 0 Å². The van der Waals surface area contributed by atoms with E-state index in [0.29, 0.717) is 22.5 Å². The Morgan fingerprint density at radius 3 is 1.00 bits per heavy atom. The van der Waals surface area contributed by atoms with Gasteiger partial charge in [-0.05, 0) is 0 Å². The van der Waals surface area contributed by atoms with Gasteiger partial charge < -0.3 is 0 Å². The zero-order valence-electron chi connectivity index (χ0n) is 2.77. The topological polar surface area (TPSA) is 17.1 Å². The third-order valence-corrected chi connectivity index (χ3v) is 0. The molecule has 0 N–H and O–H groups in total. The summed E-state index contributed by atoms with van der Waals surface area (Å²) >= 11 is 0.300. The maximum absolute atomic E-state index is 8.34. The molecule has 0 aliphatic heterocycles. The molecular weight excluding hydrogens is 430 g/mol. The maximum Gasteiger partial charge on any atom is 0 e. The van der Waals surface area contributed by atoms with E-state index in [-0.39, 0.29) is 71.2 Å². The van der Waals surface area contributed by atoms with Crippen molar-refractivity contribution in [3.05, 3.63) is 0 Å². The summed E-state index contributed by atoms with van der Waals surface area (Å²) in [4.78, 5) is 0. The molecule has 1 nitrogen and oxygen atoms in total. The van der Waals surface area contributed by atoms with Crippen LogP contribution >= 0.6 is 0 Å². The average Bonchev–Trinajstić information content (AvgIpc) is 1.00. The Kier molecular flexibility index (Phi) is 139. The van der Waals surface area contributed by atoms with Gasteiger partial charge in [-0.25, -0.2) is 0 Å². The monoisotopic (exact) mass is 430 g/mol. The average molecular weight is 430 g/mol. The van der Waals surface area contributed by atoms with E-state index in [9.17, 15) is 0 Å². The Hall–Kier alpha value is 2.96. The van der Waals surface area contributed by atoms with Crippen molar-refractivity contribution >= 4 is 74.2 Å². The molecule has 5 heteroatoms. The van der Waals surface area contributed by atoms with Gasteiger partial charge in [0.25, 0.3) is 0 Å². The summed E-state index contributed by atoms with van der Waals surface area (Å²) in [7, 11) is 0. The van der Waals surface area contributed by atoms with Crippen LogP contribution in [-0.4, -0.2) is 74.2 Å². The van der Waals surface area contributed by atoms with E-state index >= 15 is 0 Å². The molecule has 0 aromatic heterocycles. The standard InChI is InChI=1S/2In.O.Sn.Zn. The van der Waals surface area contributed by atoms with Crippen LogP contribution in [0.1, 0.15) is 0 Å². The first-order valence-corrected chi connectivity index (χ1v) is 1.37. The first-order valence-electron chi connectivity index (χ1n) is 0.204. The van der Waals surface area contributed by atoms with Gasteiger partial charge in [0.1, 0.15) is 0 Å². The molecule has 0 amide bonds. The Balaban J connectivity index is -0.00000000167. The summed E-state index contributed by atoms with van der Waals surface area (Å²) in [6.07, 6.45) is 0. The summed E-state index contributed by atoms with van der Waals surface area (Å²) < 4.78 is 8.34. The van der Waals surface area contributed by atoms with Crippen LogP contribution < -0.4 is 0 Å². The van der Waals surface area contributed by atoms with E-state index in [1.807, 2.05) is 0 Å². The molecule has 0 atom stereocenters. The second-order valence-electron chi connectivity index (χ2n) is 0. The van der Waals surface area contributed by atoms with Gasteiger partial charge in [-0.3, -0.25) is 0 Å². The molecule has 0 unspecified atom stereocenters. The van der Waals surface area contributed by atoms with Gasteiger partial charge in [0, 0.05) is 71.2 Å². The fourth-order valence-electron chi connectivity index (χ4n) is 0. The SMILES string of the molecule is [In].[In].[O]=[Sn].[Zn]. The van der Waals surface area contributed by atoms with Gasteiger partial charge >= 0.3 is 25.6 Å². The van der Waals surface area contributed by atoms with E-state index in [4.69, 9.17) is 3.08 Å². The first-order chi connectivity index (χ1) is 1.00. The van der Waals surface area contributed by atoms with E-state index < -0.39 is 0 Å². The first kappa shape index (κ1) is 24.6. The molecule has 0 aliphatic rings. The Bertz CT molecular complexity index is 9.61. The Morgan fingerprint density at radius 1 is 1.00 bits per heavy atom. The molecule has 18 valence electrons. The Labute approximate surface area is 94.8 Å². The van der Waals surface area contributed by atoms with Crippen molar-refractivity contribution in [1.29, 1.82) is 0 Å². The second-order valence-corrected chi connectivity index (χ2v) is 0. The van der Waals surface area contributed by atoms with Crippen molar-refractivity contribution in [2.75, 3.05) is 0 Å². The minimum atomic E-state index is 0. The molecule has 0 bridgehead atoms. The predicted octanol–water partition coefficient (Wildman–Crippen LogP) is -1.26. The molecule has 5 heavy (non-hydrogen) atoms. The molecular formula is In2OSnZn. The third-order valence-electron chi connectivity index (χ3n) is 0. The molecule has 0 spiro atoms. The molecule has 0 aromatic carbocycles. The fraction of sp³-hybridized carbons (Fsp3) is 0. The maximum atomic E-state index is 8.34. The zero-order chi connectivity index (χ0) is 2.00. The largest absolute Gasteiger partial charge is 0 e. The fourth-order valence-corrected chi connectivity index (χ4v) is 0. The van der Waals surface area contributed by atoms with E-state index in [1.165, 1.54) is 0 Å². The van der Waals surface area contributed by atoms with Gasteiger partial charge in [0.15, 0.2) is 0 Å². The molecule has 0 aliphatic carbocycles. The zero-order valence-corrected chi connectivity index (χ0v) is 15.2. The summed E-state index contributed by atoms with van der Waals surface area (Å²) in [6, 6.07) is 0. The normalized spacial score (nSPS) is 0.800. The van der Waals surface area contributed by atoms with Crippen molar-refractivity contribution in [3.8, 4) is 0 Å². The van der Waals surface area contributed by atoms with E-state index in [2.05, 4.69) is 0 Å². The summed E-state index contributed by atoms with van der Waals surface area (Å²) in [6.45, 7) is 0. The van der Waals surface area contributed by atoms with Crippen LogP contribution in [0.15, 0.2) is 0 Å². The van der Waals surface area contributed by atoms with Crippen LogP contribution in [0, 0.1) is 0 Å². The molecule has 0 saturated heterocycles. The van der Waals surface area contributed by atoms with Crippen molar-refractivity contribution in [2.24, 2.45) is 0 Å². The Morgan fingerprint density at radius 2 is 1.00 bits per heavy atom. The number of rotatable bonds is 0. The number of hydrogen-bond acceptors (Lipinski definition) is 1. The van der Waals surface area contributed by atoms with Crippen LogP contribution in [0.25, 0.3) is 0 Å². The van der Waals surface area contributed by atoms with Crippen molar-refractivity contribution in [2.45, 2.75) is 0 Å². The molecule has 0 fully saturated rings.